The van der Waals surface area contributed by atoms with Crippen molar-refractivity contribution < 1.29 is 22.3 Å². The molecule has 2 aromatic carbocycles. The highest BCUT2D eigenvalue weighted by molar-refractivity contribution is 9.11. The van der Waals surface area contributed by atoms with Gasteiger partial charge in [-0.1, -0.05) is 36.5 Å². The van der Waals surface area contributed by atoms with Gasteiger partial charge in [0, 0.05) is 18.7 Å². The molecule has 0 bridgehead atoms. The molecule has 3 aromatic rings. The topological polar surface area (TPSA) is 91.3 Å². The number of anilines is 1. The van der Waals surface area contributed by atoms with E-state index in [0.29, 0.717) is 14.5 Å². The number of nitrogens with zero attached hydrogens (tertiary/aromatic N) is 1. The first-order valence-electron chi connectivity index (χ1n) is 11.2. The first-order chi connectivity index (χ1) is 16.6. The first-order valence-corrected chi connectivity index (χ1v) is 14.6. The van der Waals surface area contributed by atoms with Gasteiger partial charge in [-0.05, 0) is 63.2 Å². The number of benzene rings is 2. The number of sulfone groups is 1. The predicted octanol–water partition coefficient (Wildman–Crippen LogP) is 4.39. The maximum absolute atomic E-state index is 13.8. The Morgan fingerprint density at radius 1 is 1.20 bits per heavy atom. The molecule has 1 aliphatic heterocycles. The molecule has 1 aromatic heterocycles. The number of aliphatic hydroxyl groups is 1. The Hall–Kier alpha value is -1.92. The summed E-state index contributed by atoms with van der Waals surface area (Å²) in [5, 5.41) is 18.2. The Bertz CT molecular complexity index is 1280. The maximum Gasteiger partial charge on any atom is 0.161 e. The molecule has 1 aliphatic rings. The number of hydrogen-bond acceptors (Lipinski definition) is 7. The van der Waals surface area contributed by atoms with Crippen LogP contribution in [0.3, 0.4) is 0 Å². The molecule has 4 rings (SSSR count). The van der Waals surface area contributed by atoms with Crippen LogP contribution in [0.4, 0.5) is 13.8 Å². The highest BCUT2D eigenvalue weighted by Gasteiger charge is 2.31. The lowest BCUT2D eigenvalue weighted by molar-refractivity contribution is 0.146. The number of rotatable bonds is 9. The van der Waals surface area contributed by atoms with Crippen LogP contribution in [-0.4, -0.2) is 43.0 Å². The van der Waals surface area contributed by atoms with E-state index in [9.17, 15) is 22.3 Å². The van der Waals surface area contributed by atoms with E-state index >= 15 is 0 Å². The van der Waals surface area contributed by atoms with Gasteiger partial charge in [0.25, 0.3) is 0 Å². The van der Waals surface area contributed by atoms with Gasteiger partial charge in [0.2, 0.25) is 0 Å². The molecular formula is C24H26BrF2N3O3S2. The van der Waals surface area contributed by atoms with Crippen molar-refractivity contribution in [1.82, 2.24) is 10.3 Å². The minimum Gasteiger partial charge on any atom is -0.390 e. The van der Waals surface area contributed by atoms with Crippen molar-refractivity contribution in [1.29, 1.82) is 0 Å². The molecule has 3 N–H and O–H groups in total. The van der Waals surface area contributed by atoms with E-state index in [-0.39, 0.29) is 24.5 Å². The highest BCUT2D eigenvalue weighted by Crippen LogP contribution is 2.30. The van der Waals surface area contributed by atoms with E-state index in [2.05, 4.69) is 31.5 Å². The van der Waals surface area contributed by atoms with Crippen LogP contribution in [0.15, 0.2) is 46.5 Å². The zero-order valence-electron chi connectivity index (χ0n) is 19.0. The normalized spacial score (nSPS) is 18.6. The van der Waals surface area contributed by atoms with Crippen molar-refractivity contribution >= 4 is 42.1 Å². The fraction of sp³-hybridized carbons (Fsp3) is 0.375. The van der Waals surface area contributed by atoms with Crippen LogP contribution in [0.2, 0.25) is 0 Å². The minimum atomic E-state index is -3.29. The second-order valence-corrected chi connectivity index (χ2v) is 13.1. The number of thiazole rings is 1. The van der Waals surface area contributed by atoms with Crippen LogP contribution >= 0.6 is 27.3 Å². The molecule has 35 heavy (non-hydrogen) atoms. The number of fused-ring (bicyclic) bond motifs is 1. The predicted molar refractivity (Wildman–Crippen MR) is 137 cm³/mol. The van der Waals surface area contributed by atoms with Gasteiger partial charge in [0.05, 0.1) is 29.8 Å². The molecule has 0 saturated carbocycles. The summed E-state index contributed by atoms with van der Waals surface area (Å²) >= 11 is 4.63. The summed E-state index contributed by atoms with van der Waals surface area (Å²) in [4.78, 5) is 4.13. The van der Waals surface area contributed by atoms with Crippen LogP contribution in [0.5, 0.6) is 0 Å². The summed E-state index contributed by atoms with van der Waals surface area (Å²) in [5.41, 5.74) is 3.19. The van der Waals surface area contributed by atoms with Gasteiger partial charge in [-0.3, -0.25) is 0 Å². The average Bonchev–Trinajstić information content (AvgIpc) is 3.19. The van der Waals surface area contributed by atoms with Crippen molar-refractivity contribution in [2.75, 3.05) is 17.6 Å². The molecule has 2 heterocycles. The number of halogens is 3. The fourth-order valence-electron chi connectivity index (χ4n) is 4.30. The van der Waals surface area contributed by atoms with E-state index in [0.717, 1.165) is 29.2 Å². The third-order valence-corrected chi connectivity index (χ3v) is 9.01. The van der Waals surface area contributed by atoms with E-state index in [1.807, 2.05) is 25.1 Å². The monoisotopic (exact) mass is 585 g/mol. The van der Waals surface area contributed by atoms with Gasteiger partial charge >= 0.3 is 0 Å². The van der Waals surface area contributed by atoms with Gasteiger partial charge in [0.15, 0.2) is 13.8 Å². The van der Waals surface area contributed by atoms with Gasteiger partial charge in [0.1, 0.15) is 16.6 Å². The lowest BCUT2D eigenvalue weighted by Gasteiger charge is -2.30. The summed E-state index contributed by atoms with van der Waals surface area (Å²) in [6.45, 7) is 2.11. The second-order valence-electron chi connectivity index (χ2n) is 8.68. The SMILES string of the molecule is CCc1ccc2c(c1)C(NCC(O)C(Cc1cc(F)cc(F)c1)Nc1cnc(Br)s1)CS(=O)(=O)C2. The molecule has 11 heteroatoms. The Morgan fingerprint density at radius 3 is 2.60 bits per heavy atom. The Balaban J connectivity index is 1.54. The van der Waals surface area contributed by atoms with Crippen molar-refractivity contribution in [3.05, 3.63) is 80.4 Å². The third-order valence-electron chi connectivity index (χ3n) is 6.01. The molecule has 0 spiro atoms. The molecule has 0 radical (unpaired) electrons. The Morgan fingerprint density at radius 2 is 1.94 bits per heavy atom. The van der Waals surface area contributed by atoms with Gasteiger partial charge < -0.3 is 15.7 Å². The van der Waals surface area contributed by atoms with Crippen LogP contribution < -0.4 is 10.6 Å². The number of aromatic nitrogens is 1. The minimum absolute atomic E-state index is 0.00261. The quantitative estimate of drug-likeness (QED) is 0.345. The van der Waals surface area contributed by atoms with Crippen molar-refractivity contribution in [3.63, 3.8) is 0 Å². The van der Waals surface area contributed by atoms with Gasteiger partial charge in [-0.2, -0.15) is 0 Å². The zero-order chi connectivity index (χ0) is 25.2. The van der Waals surface area contributed by atoms with Crippen LogP contribution in [0.1, 0.15) is 35.2 Å². The molecule has 0 saturated heterocycles. The Labute approximate surface area is 215 Å². The number of aryl methyl sites for hydroxylation is 1. The van der Waals surface area contributed by atoms with Crippen molar-refractivity contribution in [3.8, 4) is 0 Å². The standard InChI is InChI=1S/C24H26BrF2N3O3S2/c1-2-14-3-4-16-12-35(32,33)13-21(19(16)7-14)28-10-22(31)20(30-23-11-29-24(25)34-23)8-15-5-17(26)9-18(27)6-15/h3-7,9,11,20-22,28,30-31H,2,8,10,12-13H2,1H3. The summed E-state index contributed by atoms with van der Waals surface area (Å²) in [7, 11) is -3.29. The maximum atomic E-state index is 13.8. The van der Waals surface area contributed by atoms with Crippen molar-refractivity contribution in [2.45, 2.75) is 43.7 Å². The molecule has 188 valence electrons. The molecule has 6 nitrogen and oxygen atoms in total. The van der Waals surface area contributed by atoms with E-state index in [4.69, 9.17) is 0 Å². The second kappa shape index (κ2) is 11.0. The molecule has 0 amide bonds. The summed E-state index contributed by atoms with van der Waals surface area (Å²) in [6, 6.07) is 8.02. The summed E-state index contributed by atoms with van der Waals surface area (Å²) in [6.07, 6.45) is 1.58. The first kappa shape index (κ1) is 26.2. The summed E-state index contributed by atoms with van der Waals surface area (Å²) < 4.78 is 53.2. The molecule has 3 atom stereocenters. The zero-order valence-corrected chi connectivity index (χ0v) is 22.2. The molecule has 0 fully saturated rings. The number of nitrogens with one attached hydrogen (secondary N) is 2. The third kappa shape index (κ3) is 6.85. The molecule has 3 unspecified atom stereocenters. The fourth-order valence-corrected chi connectivity index (χ4v) is 7.19. The lowest BCUT2D eigenvalue weighted by atomic mass is 9.97. The molecule has 0 aliphatic carbocycles. The van der Waals surface area contributed by atoms with Gasteiger partial charge in [-0.25, -0.2) is 22.2 Å². The van der Waals surface area contributed by atoms with Crippen LogP contribution in [0.25, 0.3) is 0 Å². The van der Waals surface area contributed by atoms with E-state index in [1.54, 1.807) is 6.20 Å². The van der Waals surface area contributed by atoms with Crippen LogP contribution in [0, 0.1) is 11.6 Å². The number of hydrogen-bond donors (Lipinski definition) is 3. The van der Waals surface area contributed by atoms with Gasteiger partial charge in [-0.15, -0.1) is 0 Å². The lowest BCUT2D eigenvalue weighted by Crippen LogP contribution is -2.45. The van der Waals surface area contributed by atoms with Crippen molar-refractivity contribution in [2.24, 2.45) is 0 Å². The largest absolute Gasteiger partial charge is 0.390 e. The Kier molecular flexibility index (Phi) is 8.22. The van der Waals surface area contributed by atoms with Crippen LogP contribution in [-0.2, 0) is 28.4 Å². The summed E-state index contributed by atoms with van der Waals surface area (Å²) in [5.74, 6) is -1.44. The highest BCUT2D eigenvalue weighted by atomic mass is 79.9. The smallest absolute Gasteiger partial charge is 0.161 e. The number of aliphatic hydroxyl groups excluding tert-OH is 1. The van der Waals surface area contributed by atoms with E-state index < -0.39 is 39.7 Å². The van der Waals surface area contributed by atoms with E-state index in [1.165, 1.54) is 23.5 Å². The average molecular weight is 587 g/mol. The molecular weight excluding hydrogens is 560 g/mol.